The molecule has 0 aliphatic heterocycles. The molecular weight excluding hydrogens is 191 g/mol. The normalized spacial score (nSPS) is 29.7. The van der Waals surface area contributed by atoms with Gasteiger partial charge in [0, 0.05) is 12.2 Å². The van der Waals surface area contributed by atoms with Crippen LogP contribution < -0.4 is 11.1 Å². The lowest BCUT2D eigenvalue weighted by molar-refractivity contribution is 0.194. The Hall–Kier alpha value is -1.09. The zero-order valence-electron chi connectivity index (χ0n) is 8.96. The molecule has 1 aromatic carbocycles. The molecular formula is C12H17FN2. The molecule has 1 aliphatic rings. The van der Waals surface area contributed by atoms with Crippen LogP contribution in [0.1, 0.15) is 19.8 Å². The molecule has 0 amide bonds. The van der Waals surface area contributed by atoms with Gasteiger partial charge in [-0.05, 0) is 43.0 Å². The molecule has 15 heavy (non-hydrogen) atoms. The van der Waals surface area contributed by atoms with E-state index in [0.29, 0.717) is 6.54 Å². The first-order valence-electron chi connectivity index (χ1n) is 5.37. The third kappa shape index (κ3) is 2.12. The van der Waals surface area contributed by atoms with Crippen molar-refractivity contribution in [1.82, 2.24) is 0 Å². The van der Waals surface area contributed by atoms with Crippen LogP contribution in [0.4, 0.5) is 10.1 Å². The van der Waals surface area contributed by atoms with Gasteiger partial charge in [0.1, 0.15) is 5.82 Å². The highest BCUT2D eigenvalue weighted by atomic mass is 19.1. The first kappa shape index (κ1) is 10.4. The summed E-state index contributed by atoms with van der Waals surface area (Å²) in [6.07, 6.45) is 2.20. The molecule has 1 aliphatic carbocycles. The first-order chi connectivity index (χ1) is 7.13. The summed E-state index contributed by atoms with van der Waals surface area (Å²) in [5.74, 6) is 0.533. The van der Waals surface area contributed by atoms with Crippen molar-refractivity contribution in [2.45, 2.75) is 25.3 Å². The summed E-state index contributed by atoms with van der Waals surface area (Å²) in [7, 11) is 0. The van der Waals surface area contributed by atoms with E-state index in [1.807, 2.05) is 0 Å². The monoisotopic (exact) mass is 208 g/mol. The number of benzene rings is 1. The molecule has 0 saturated heterocycles. The lowest BCUT2D eigenvalue weighted by atomic mass is 9.69. The Balaban J connectivity index is 2.04. The highest BCUT2D eigenvalue weighted by Gasteiger charge is 2.40. The summed E-state index contributed by atoms with van der Waals surface area (Å²) >= 11 is 0. The maximum Gasteiger partial charge on any atom is 0.123 e. The topological polar surface area (TPSA) is 38.0 Å². The van der Waals surface area contributed by atoms with Gasteiger partial charge in [0.05, 0.1) is 5.54 Å². The molecule has 3 N–H and O–H groups in total. The van der Waals surface area contributed by atoms with E-state index in [0.717, 1.165) is 24.4 Å². The maximum atomic E-state index is 12.7. The second-order valence-electron chi connectivity index (χ2n) is 4.63. The standard InChI is InChI=1S/C12H17FN2/c1-9-6-12(7-9,8-14)15-11-4-2-10(13)3-5-11/h2-5,9,15H,6-8,14H2,1H3. The molecule has 0 aromatic heterocycles. The molecule has 1 saturated carbocycles. The Morgan fingerprint density at radius 2 is 2.00 bits per heavy atom. The molecule has 1 aromatic rings. The zero-order chi connectivity index (χ0) is 10.9. The van der Waals surface area contributed by atoms with Crippen LogP contribution in [-0.4, -0.2) is 12.1 Å². The Labute approximate surface area is 89.7 Å². The van der Waals surface area contributed by atoms with Crippen molar-refractivity contribution in [1.29, 1.82) is 0 Å². The first-order valence-corrected chi connectivity index (χ1v) is 5.37. The van der Waals surface area contributed by atoms with Gasteiger partial charge in [-0.2, -0.15) is 0 Å². The van der Waals surface area contributed by atoms with E-state index in [1.165, 1.54) is 12.1 Å². The number of halogens is 1. The zero-order valence-corrected chi connectivity index (χ0v) is 8.96. The Kier molecular flexibility index (Phi) is 2.65. The minimum atomic E-state index is -0.204. The predicted molar refractivity (Wildman–Crippen MR) is 60.2 cm³/mol. The smallest absolute Gasteiger partial charge is 0.123 e. The number of anilines is 1. The van der Waals surface area contributed by atoms with Gasteiger partial charge < -0.3 is 11.1 Å². The lowest BCUT2D eigenvalue weighted by Crippen LogP contribution is -2.54. The van der Waals surface area contributed by atoms with Gasteiger partial charge in [-0.15, -0.1) is 0 Å². The van der Waals surface area contributed by atoms with E-state index in [2.05, 4.69) is 12.2 Å². The van der Waals surface area contributed by atoms with Gasteiger partial charge in [0.25, 0.3) is 0 Å². The molecule has 2 nitrogen and oxygen atoms in total. The highest BCUT2D eigenvalue weighted by molar-refractivity contribution is 5.46. The van der Waals surface area contributed by atoms with E-state index in [1.54, 1.807) is 12.1 Å². The van der Waals surface area contributed by atoms with E-state index >= 15 is 0 Å². The van der Waals surface area contributed by atoms with Crippen LogP contribution in [0.15, 0.2) is 24.3 Å². The summed E-state index contributed by atoms with van der Waals surface area (Å²) in [4.78, 5) is 0. The average Bonchev–Trinajstić information content (AvgIpc) is 2.18. The Morgan fingerprint density at radius 3 is 2.47 bits per heavy atom. The highest BCUT2D eigenvalue weighted by Crippen LogP contribution is 2.39. The minimum Gasteiger partial charge on any atom is -0.378 e. The third-order valence-electron chi connectivity index (χ3n) is 3.12. The summed E-state index contributed by atoms with van der Waals surface area (Å²) in [5.41, 5.74) is 6.76. The molecule has 0 atom stereocenters. The van der Waals surface area contributed by atoms with Crippen LogP contribution in [0.3, 0.4) is 0 Å². The van der Waals surface area contributed by atoms with E-state index < -0.39 is 0 Å². The number of nitrogens with one attached hydrogen (secondary N) is 1. The van der Waals surface area contributed by atoms with Crippen molar-refractivity contribution >= 4 is 5.69 Å². The fourth-order valence-electron chi connectivity index (χ4n) is 2.43. The van der Waals surface area contributed by atoms with Crippen molar-refractivity contribution in [3.8, 4) is 0 Å². The van der Waals surface area contributed by atoms with Gasteiger partial charge >= 0.3 is 0 Å². The predicted octanol–water partition coefficient (Wildman–Crippen LogP) is 2.37. The molecule has 0 bridgehead atoms. The number of rotatable bonds is 3. The molecule has 0 radical (unpaired) electrons. The second kappa shape index (κ2) is 3.81. The quantitative estimate of drug-likeness (QED) is 0.800. The number of hydrogen-bond acceptors (Lipinski definition) is 2. The molecule has 1 fully saturated rings. The third-order valence-corrected chi connectivity index (χ3v) is 3.12. The fraction of sp³-hybridized carbons (Fsp3) is 0.500. The SMILES string of the molecule is CC1CC(CN)(Nc2ccc(F)cc2)C1. The Morgan fingerprint density at radius 1 is 1.40 bits per heavy atom. The summed E-state index contributed by atoms with van der Waals surface area (Å²) in [6, 6.07) is 6.45. The number of nitrogens with two attached hydrogens (primary N) is 1. The van der Waals surface area contributed by atoms with Crippen molar-refractivity contribution in [3.05, 3.63) is 30.1 Å². The number of hydrogen-bond donors (Lipinski definition) is 2. The van der Waals surface area contributed by atoms with Crippen LogP contribution >= 0.6 is 0 Å². The summed E-state index contributed by atoms with van der Waals surface area (Å²) in [5, 5.41) is 3.41. The van der Waals surface area contributed by atoms with Crippen LogP contribution in [0.2, 0.25) is 0 Å². The molecule has 2 rings (SSSR count). The van der Waals surface area contributed by atoms with Crippen LogP contribution in [0, 0.1) is 11.7 Å². The maximum absolute atomic E-state index is 12.7. The van der Waals surface area contributed by atoms with Gasteiger partial charge in [0.15, 0.2) is 0 Å². The van der Waals surface area contributed by atoms with Crippen molar-refractivity contribution in [3.63, 3.8) is 0 Å². The van der Waals surface area contributed by atoms with Crippen LogP contribution in [-0.2, 0) is 0 Å². The average molecular weight is 208 g/mol. The summed E-state index contributed by atoms with van der Waals surface area (Å²) < 4.78 is 12.7. The van der Waals surface area contributed by atoms with Crippen molar-refractivity contribution < 1.29 is 4.39 Å². The molecule has 82 valence electrons. The molecule has 0 unspecified atom stereocenters. The van der Waals surface area contributed by atoms with E-state index in [4.69, 9.17) is 5.73 Å². The largest absolute Gasteiger partial charge is 0.378 e. The van der Waals surface area contributed by atoms with Crippen LogP contribution in [0.5, 0.6) is 0 Å². The Bertz CT molecular complexity index is 328. The second-order valence-corrected chi connectivity index (χ2v) is 4.63. The molecule has 3 heteroatoms. The lowest BCUT2D eigenvalue weighted by Gasteiger charge is -2.47. The molecule has 0 spiro atoms. The van der Waals surface area contributed by atoms with Gasteiger partial charge in [-0.1, -0.05) is 6.92 Å². The minimum absolute atomic E-state index is 0.0389. The van der Waals surface area contributed by atoms with Crippen molar-refractivity contribution in [2.75, 3.05) is 11.9 Å². The summed E-state index contributed by atoms with van der Waals surface area (Å²) in [6.45, 7) is 2.86. The van der Waals surface area contributed by atoms with E-state index in [-0.39, 0.29) is 11.4 Å². The molecule has 0 heterocycles. The van der Waals surface area contributed by atoms with Gasteiger partial charge in [-0.3, -0.25) is 0 Å². The van der Waals surface area contributed by atoms with Crippen molar-refractivity contribution in [2.24, 2.45) is 11.7 Å². The van der Waals surface area contributed by atoms with Crippen LogP contribution in [0.25, 0.3) is 0 Å². The van der Waals surface area contributed by atoms with E-state index in [9.17, 15) is 4.39 Å². The fourth-order valence-corrected chi connectivity index (χ4v) is 2.43. The van der Waals surface area contributed by atoms with Gasteiger partial charge in [0.2, 0.25) is 0 Å². The van der Waals surface area contributed by atoms with Gasteiger partial charge in [-0.25, -0.2) is 4.39 Å².